The fourth-order valence-corrected chi connectivity index (χ4v) is 6.96. The standard InChI is InChI=1S/C20H28O5/c1-11-12-5-6-15-18(2,7-4-8-19(15,3)17(22)23)14(12)10-20(24)13(11)9-16(21)25-20/h9,11-12,14-15,24H,4-8,10H2,1-3H3,(H,22,23)/t11-,12+,14+,15-,18-,19-,20-/m1/s1. The van der Waals surface area contributed by atoms with Crippen LogP contribution in [0.5, 0.6) is 0 Å². The Balaban J connectivity index is 1.75. The molecule has 0 amide bonds. The Morgan fingerprint density at radius 1 is 1.28 bits per heavy atom. The first-order valence-corrected chi connectivity index (χ1v) is 9.53. The first-order valence-electron chi connectivity index (χ1n) is 9.53. The average molecular weight is 348 g/mol. The Morgan fingerprint density at radius 3 is 2.68 bits per heavy atom. The van der Waals surface area contributed by atoms with Crippen molar-refractivity contribution in [1.82, 2.24) is 0 Å². The number of ether oxygens (including phenoxy) is 1. The molecule has 5 nitrogen and oxygen atoms in total. The van der Waals surface area contributed by atoms with Gasteiger partial charge in [0.05, 0.1) is 5.41 Å². The molecule has 2 N–H and O–H groups in total. The van der Waals surface area contributed by atoms with E-state index in [-0.39, 0.29) is 23.2 Å². The van der Waals surface area contributed by atoms with Gasteiger partial charge in [0.1, 0.15) is 0 Å². The summed E-state index contributed by atoms with van der Waals surface area (Å²) in [5.41, 5.74) is -0.122. The van der Waals surface area contributed by atoms with Crippen LogP contribution in [0.4, 0.5) is 0 Å². The molecule has 0 unspecified atom stereocenters. The third kappa shape index (κ3) is 2.11. The van der Waals surface area contributed by atoms with Crippen molar-refractivity contribution in [3.8, 4) is 0 Å². The highest BCUT2D eigenvalue weighted by Gasteiger charge is 2.64. The van der Waals surface area contributed by atoms with E-state index in [0.717, 1.165) is 37.7 Å². The molecule has 1 aliphatic heterocycles. The number of aliphatic carboxylic acids is 1. The Bertz CT molecular complexity index is 669. The second-order valence-corrected chi connectivity index (χ2v) is 9.28. The maximum atomic E-state index is 12.1. The van der Waals surface area contributed by atoms with E-state index >= 15 is 0 Å². The van der Waals surface area contributed by atoms with E-state index in [1.54, 1.807) is 0 Å². The molecule has 3 saturated carbocycles. The number of esters is 1. The second-order valence-electron chi connectivity index (χ2n) is 9.28. The minimum Gasteiger partial charge on any atom is -0.481 e. The summed E-state index contributed by atoms with van der Waals surface area (Å²) >= 11 is 0. The Kier molecular flexibility index (Phi) is 3.48. The molecule has 1 heterocycles. The van der Waals surface area contributed by atoms with E-state index in [1.807, 2.05) is 6.92 Å². The molecule has 5 heteroatoms. The molecule has 0 aromatic rings. The van der Waals surface area contributed by atoms with E-state index in [0.29, 0.717) is 12.3 Å². The number of hydrogen-bond donors (Lipinski definition) is 2. The summed E-state index contributed by atoms with van der Waals surface area (Å²) in [4.78, 5) is 23.8. The van der Waals surface area contributed by atoms with Crippen LogP contribution in [0.3, 0.4) is 0 Å². The van der Waals surface area contributed by atoms with Crippen LogP contribution in [0.1, 0.15) is 59.3 Å². The molecule has 0 aromatic carbocycles. The lowest BCUT2D eigenvalue weighted by Gasteiger charge is -2.62. The van der Waals surface area contributed by atoms with Crippen LogP contribution in [0.15, 0.2) is 11.6 Å². The van der Waals surface area contributed by atoms with Crippen LogP contribution in [0.25, 0.3) is 0 Å². The van der Waals surface area contributed by atoms with Crippen molar-refractivity contribution in [2.45, 2.75) is 65.1 Å². The molecule has 0 aromatic heterocycles. The van der Waals surface area contributed by atoms with Crippen molar-refractivity contribution in [3.63, 3.8) is 0 Å². The average Bonchev–Trinajstić information content (AvgIpc) is 2.83. The molecule has 7 atom stereocenters. The summed E-state index contributed by atoms with van der Waals surface area (Å²) in [5, 5.41) is 20.9. The highest BCUT2D eigenvalue weighted by molar-refractivity contribution is 5.86. The summed E-state index contributed by atoms with van der Waals surface area (Å²) < 4.78 is 5.30. The number of carboxylic acids is 1. The topological polar surface area (TPSA) is 83.8 Å². The van der Waals surface area contributed by atoms with Crippen molar-refractivity contribution < 1.29 is 24.5 Å². The quantitative estimate of drug-likeness (QED) is 0.711. The van der Waals surface area contributed by atoms with E-state index in [2.05, 4.69) is 13.8 Å². The van der Waals surface area contributed by atoms with Gasteiger partial charge in [0.2, 0.25) is 5.79 Å². The van der Waals surface area contributed by atoms with Crippen molar-refractivity contribution >= 4 is 11.9 Å². The number of carboxylic acid groups (broad SMARTS) is 1. The van der Waals surface area contributed by atoms with Crippen LogP contribution >= 0.6 is 0 Å². The lowest BCUT2D eigenvalue weighted by atomic mass is 9.42. The van der Waals surface area contributed by atoms with Gasteiger partial charge in [-0.3, -0.25) is 4.79 Å². The molecule has 4 aliphatic rings. The molecule has 0 radical (unpaired) electrons. The minimum absolute atomic E-state index is 0.0889. The zero-order valence-electron chi connectivity index (χ0n) is 15.2. The second kappa shape index (κ2) is 5.09. The minimum atomic E-state index is -1.49. The van der Waals surface area contributed by atoms with Gasteiger partial charge in [-0.05, 0) is 61.7 Å². The van der Waals surface area contributed by atoms with Crippen LogP contribution in [0.2, 0.25) is 0 Å². The number of carbonyl (C=O) groups is 2. The molecule has 25 heavy (non-hydrogen) atoms. The van der Waals surface area contributed by atoms with Crippen LogP contribution in [0, 0.1) is 34.5 Å². The molecule has 138 valence electrons. The van der Waals surface area contributed by atoms with E-state index in [9.17, 15) is 19.8 Å². The summed E-state index contributed by atoms with van der Waals surface area (Å²) in [6.07, 6.45) is 6.34. The van der Waals surface area contributed by atoms with Gasteiger partial charge in [0.25, 0.3) is 0 Å². The Morgan fingerprint density at radius 2 is 2.00 bits per heavy atom. The van der Waals surface area contributed by atoms with E-state index < -0.39 is 23.1 Å². The molecular weight excluding hydrogens is 320 g/mol. The Labute approximate surface area is 148 Å². The summed E-state index contributed by atoms with van der Waals surface area (Å²) in [7, 11) is 0. The fourth-order valence-electron chi connectivity index (χ4n) is 6.96. The smallest absolute Gasteiger partial charge is 0.333 e. The van der Waals surface area contributed by atoms with Crippen molar-refractivity contribution in [2.24, 2.45) is 34.5 Å². The summed E-state index contributed by atoms with van der Waals surface area (Å²) in [5.74, 6) is -1.90. The molecule has 4 rings (SSSR count). The van der Waals surface area contributed by atoms with Crippen molar-refractivity contribution in [1.29, 1.82) is 0 Å². The summed E-state index contributed by atoms with van der Waals surface area (Å²) in [6.45, 7) is 6.20. The first kappa shape index (κ1) is 17.1. The molecule has 0 spiro atoms. The van der Waals surface area contributed by atoms with Gasteiger partial charge in [-0.1, -0.05) is 20.3 Å². The maximum absolute atomic E-state index is 12.1. The third-order valence-corrected chi connectivity index (χ3v) is 8.24. The van der Waals surface area contributed by atoms with Gasteiger partial charge in [0.15, 0.2) is 0 Å². The van der Waals surface area contributed by atoms with Crippen molar-refractivity contribution in [2.75, 3.05) is 0 Å². The maximum Gasteiger partial charge on any atom is 0.333 e. The van der Waals surface area contributed by atoms with E-state index in [4.69, 9.17) is 4.74 Å². The van der Waals surface area contributed by atoms with Gasteiger partial charge in [-0.15, -0.1) is 0 Å². The molecule has 3 fully saturated rings. The monoisotopic (exact) mass is 348 g/mol. The van der Waals surface area contributed by atoms with Gasteiger partial charge in [-0.25, -0.2) is 4.79 Å². The summed E-state index contributed by atoms with van der Waals surface area (Å²) in [6, 6.07) is 0. The largest absolute Gasteiger partial charge is 0.481 e. The SMILES string of the molecule is C[C@H]1C2=CC(=O)O[C@]2(O)C[C@H]2[C@H]1CC[C@@H]1[C@]2(C)CCC[C@@]1(C)C(=O)O. The lowest BCUT2D eigenvalue weighted by molar-refractivity contribution is -0.222. The molecule has 3 aliphatic carbocycles. The first-order chi connectivity index (χ1) is 11.6. The molecular formula is C20H28O5. The predicted molar refractivity (Wildman–Crippen MR) is 90.3 cm³/mol. The van der Waals surface area contributed by atoms with Gasteiger partial charge in [-0.2, -0.15) is 0 Å². The highest BCUT2D eigenvalue weighted by Crippen LogP contribution is 2.66. The number of rotatable bonds is 1. The molecule has 0 saturated heterocycles. The van der Waals surface area contributed by atoms with Gasteiger partial charge < -0.3 is 14.9 Å². The normalized spacial score (nSPS) is 51.7. The predicted octanol–water partition coefficient (Wildman–Crippen LogP) is 3.12. The lowest BCUT2D eigenvalue weighted by Crippen LogP contribution is -2.59. The van der Waals surface area contributed by atoms with Gasteiger partial charge in [0, 0.05) is 18.1 Å². The van der Waals surface area contributed by atoms with Crippen LogP contribution < -0.4 is 0 Å². The Hall–Kier alpha value is -1.36. The van der Waals surface area contributed by atoms with Crippen LogP contribution in [-0.4, -0.2) is 27.9 Å². The number of carbonyl (C=O) groups excluding carboxylic acids is 1. The number of hydrogen-bond acceptors (Lipinski definition) is 4. The van der Waals surface area contributed by atoms with E-state index in [1.165, 1.54) is 6.08 Å². The van der Waals surface area contributed by atoms with Crippen molar-refractivity contribution in [3.05, 3.63) is 11.6 Å². The zero-order valence-corrected chi connectivity index (χ0v) is 15.2. The fraction of sp³-hybridized carbons (Fsp3) is 0.800. The highest BCUT2D eigenvalue weighted by atomic mass is 16.7. The van der Waals surface area contributed by atoms with Gasteiger partial charge >= 0.3 is 11.9 Å². The molecule has 0 bridgehead atoms. The zero-order chi connectivity index (χ0) is 18.2. The number of fused-ring (bicyclic) bond motifs is 4. The number of aliphatic hydroxyl groups is 1. The third-order valence-electron chi connectivity index (χ3n) is 8.24. The van der Waals surface area contributed by atoms with Crippen LogP contribution in [-0.2, 0) is 14.3 Å².